The molecule has 0 saturated carbocycles. The molecule has 1 aromatic carbocycles. The number of hydrogen-bond acceptors (Lipinski definition) is 4. The lowest BCUT2D eigenvalue weighted by Crippen LogP contribution is -2.28. The summed E-state index contributed by atoms with van der Waals surface area (Å²) in [5.74, 6) is 0.892. The highest BCUT2D eigenvalue weighted by atomic mass is 16.5. The second-order valence-corrected chi connectivity index (χ2v) is 7.71. The number of hydrogen-bond donors (Lipinski definition) is 2. The fourth-order valence-corrected chi connectivity index (χ4v) is 2.13. The van der Waals surface area contributed by atoms with Crippen LogP contribution in [0.2, 0.25) is 0 Å². The van der Waals surface area contributed by atoms with Gasteiger partial charge in [-0.3, -0.25) is 4.99 Å². The van der Waals surface area contributed by atoms with Crippen LogP contribution in [0, 0.1) is 5.41 Å². The molecule has 0 amide bonds. The van der Waals surface area contributed by atoms with Gasteiger partial charge in [-0.2, -0.15) is 0 Å². The van der Waals surface area contributed by atoms with Crippen molar-refractivity contribution < 1.29 is 14.9 Å². The highest BCUT2D eigenvalue weighted by Crippen LogP contribution is 2.36. The largest absolute Gasteiger partial charge is 0.507 e. The van der Waals surface area contributed by atoms with E-state index in [-0.39, 0.29) is 29.2 Å². The first-order valence-electron chi connectivity index (χ1n) is 7.56. The fraction of sp³-hybridized carbons (Fsp3) is 0.611. The minimum atomic E-state index is -0.226. The Morgan fingerprint density at radius 1 is 1.18 bits per heavy atom. The molecule has 1 aromatic rings. The number of aliphatic hydroxyl groups is 1. The molecular formula is C18H29NO3. The molecular weight excluding hydrogens is 278 g/mol. The zero-order valence-electron chi connectivity index (χ0n) is 14.8. The summed E-state index contributed by atoms with van der Waals surface area (Å²) in [6.07, 6.45) is 1.62. The van der Waals surface area contributed by atoms with Crippen LogP contribution in [-0.2, 0) is 5.41 Å². The molecule has 0 unspecified atom stereocenters. The second-order valence-electron chi connectivity index (χ2n) is 7.71. The van der Waals surface area contributed by atoms with Crippen molar-refractivity contribution in [2.45, 2.75) is 53.0 Å². The van der Waals surface area contributed by atoms with Gasteiger partial charge in [0.15, 0.2) is 0 Å². The summed E-state index contributed by atoms with van der Waals surface area (Å²) in [5.41, 5.74) is 1.06. The molecule has 22 heavy (non-hydrogen) atoms. The minimum Gasteiger partial charge on any atom is -0.507 e. The molecule has 4 heteroatoms. The van der Waals surface area contributed by atoms with E-state index in [9.17, 15) is 10.2 Å². The van der Waals surface area contributed by atoms with Crippen LogP contribution < -0.4 is 4.74 Å². The Morgan fingerprint density at radius 2 is 1.77 bits per heavy atom. The summed E-state index contributed by atoms with van der Waals surface area (Å²) in [7, 11) is 1.60. The molecule has 0 bridgehead atoms. The zero-order valence-corrected chi connectivity index (χ0v) is 14.8. The summed E-state index contributed by atoms with van der Waals surface area (Å²) in [6, 6.07) is 3.38. The smallest absolute Gasteiger partial charge is 0.128 e. The third-order valence-electron chi connectivity index (χ3n) is 3.72. The van der Waals surface area contributed by atoms with E-state index in [2.05, 4.69) is 4.99 Å². The Kier molecular flexibility index (Phi) is 5.63. The van der Waals surface area contributed by atoms with Crippen LogP contribution in [-0.4, -0.2) is 36.2 Å². The molecule has 0 aliphatic heterocycles. The number of phenolic OH excluding ortho intramolecular Hbond substituents is 1. The average molecular weight is 307 g/mol. The third kappa shape index (κ3) is 4.47. The van der Waals surface area contributed by atoms with E-state index < -0.39 is 0 Å². The number of aromatic hydroxyl groups is 1. The first kappa shape index (κ1) is 18.5. The normalized spacial score (nSPS) is 14.4. The van der Waals surface area contributed by atoms with Crippen LogP contribution in [0.3, 0.4) is 0 Å². The van der Waals surface area contributed by atoms with Crippen molar-refractivity contribution in [2.24, 2.45) is 10.4 Å². The lowest BCUT2D eigenvalue weighted by Gasteiger charge is -2.25. The molecule has 1 atom stereocenters. The van der Waals surface area contributed by atoms with Crippen LogP contribution in [0.25, 0.3) is 0 Å². The average Bonchev–Trinajstić information content (AvgIpc) is 2.38. The van der Waals surface area contributed by atoms with Gasteiger partial charge in [0.05, 0.1) is 19.8 Å². The van der Waals surface area contributed by atoms with E-state index in [1.165, 1.54) is 0 Å². The SMILES string of the molecule is COc1cc(C=N[C@H](CO)C(C)(C)C)c(O)c(C(C)(C)C)c1. The van der Waals surface area contributed by atoms with E-state index in [4.69, 9.17) is 4.74 Å². The van der Waals surface area contributed by atoms with Crippen LogP contribution in [0.5, 0.6) is 11.5 Å². The van der Waals surface area contributed by atoms with Gasteiger partial charge < -0.3 is 14.9 Å². The van der Waals surface area contributed by atoms with Crippen molar-refractivity contribution in [3.8, 4) is 11.5 Å². The Morgan fingerprint density at radius 3 is 2.18 bits per heavy atom. The molecule has 0 aliphatic carbocycles. The van der Waals surface area contributed by atoms with E-state index >= 15 is 0 Å². The molecule has 0 radical (unpaired) electrons. The van der Waals surface area contributed by atoms with Gasteiger partial charge in [-0.05, 0) is 23.0 Å². The Balaban J connectivity index is 3.30. The van der Waals surface area contributed by atoms with Crippen molar-refractivity contribution in [1.82, 2.24) is 0 Å². The predicted octanol–water partition coefficient (Wildman–Crippen LogP) is 3.52. The van der Waals surface area contributed by atoms with Crippen LogP contribution in [0.15, 0.2) is 17.1 Å². The Labute approximate surface area is 133 Å². The quantitative estimate of drug-likeness (QED) is 0.837. The van der Waals surface area contributed by atoms with Gasteiger partial charge in [-0.1, -0.05) is 41.5 Å². The highest BCUT2D eigenvalue weighted by Gasteiger charge is 2.24. The number of phenols is 1. The molecule has 0 aliphatic rings. The summed E-state index contributed by atoms with van der Waals surface area (Å²) in [5, 5.41) is 20.0. The maximum absolute atomic E-state index is 10.5. The molecule has 0 aromatic heterocycles. The fourth-order valence-electron chi connectivity index (χ4n) is 2.13. The van der Waals surface area contributed by atoms with Crippen molar-refractivity contribution in [2.75, 3.05) is 13.7 Å². The van der Waals surface area contributed by atoms with Gasteiger partial charge in [0.2, 0.25) is 0 Å². The maximum Gasteiger partial charge on any atom is 0.128 e. The maximum atomic E-state index is 10.5. The van der Waals surface area contributed by atoms with Crippen molar-refractivity contribution in [1.29, 1.82) is 0 Å². The molecule has 0 spiro atoms. The second kappa shape index (κ2) is 6.69. The third-order valence-corrected chi connectivity index (χ3v) is 3.72. The van der Waals surface area contributed by atoms with Crippen molar-refractivity contribution in [3.63, 3.8) is 0 Å². The number of aliphatic imine (C=N–C) groups is 1. The van der Waals surface area contributed by atoms with Gasteiger partial charge in [0.1, 0.15) is 11.5 Å². The lowest BCUT2D eigenvalue weighted by molar-refractivity contribution is 0.191. The number of aliphatic hydroxyl groups excluding tert-OH is 1. The molecule has 4 nitrogen and oxygen atoms in total. The standard InChI is InChI=1S/C18H29NO3/c1-17(2,3)14-9-13(22-7)8-12(16(14)21)10-19-15(11-20)18(4,5)6/h8-10,15,20-21H,11H2,1-7H3/t15-/m1/s1. The molecule has 0 saturated heterocycles. The molecule has 0 heterocycles. The molecule has 124 valence electrons. The number of methoxy groups -OCH3 is 1. The van der Waals surface area contributed by atoms with Gasteiger partial charge in [0, 0.05) is 17.3 Å². The van der Waals surface area contributed by atoms with E-state index in [1.807, 2.05) is 47.6 Å². The van der Waals surface area contributed by atoms with Gasteiger partial charge in [-0.25, -0.2) is 0 Å². The first-order valence-corrected chi connectivity index (χ1v) is 7.56. The first-order chi connectivity index (χ1) is 10.0. The predicted molar refractivity (Wildman–Crippen MR) is 91.3 cm³/mol. The summed E-state index contributed by atoms with van der Waals surface area (Å²) in [6.45, 7) is 12.2. The van der Waals surface area contributed by atoms with E-state index in [1.54, 1.807) is 19.4 Å². The van der Waals surface area contributed by atoms with Crippen LogP contribution in [0.1, 0.15) is 52.7 Å². The van der Waals surface area contributed by atoms with Crippen molar-refractivity contribution in [3.05, 3.63) is 23.3 Å². The number of benzene rings is 1. The van der Waals surface area contributed by atoms with Gasteiger partial charge in [-0.15, -0.1) is 0 Å². The summed E-state index contributed by atoms with van der Waals surface area (Å²) in [4.78, 5) is 4.45. The van der Waals surface area contributed by atoms with E-state index in [0.29, 0.717) is 11.3 Å². The van der Waals surface area contributed by atoms with Gasteiger partial charge >= 0.3 is 0 Å². The minimum absolute atomic E-state index is 0.0309. The van der Waals surface area contributed by atoms with E-state index in [0.717, 1.165) is 5.56 Å². The van der Waals surface area contributed by atoms with Crippen molar-refractivity contribution >= 4 is 6.21 Å². The molecule has 1 rings (SSSR count). The number of ether oxygens (including phenoxy) is 1. The Bertz CT molecular complexity index is 536. The monoisotopic (exact) mass is 307 g/mol. The highest BCUT2D eigenvalue weighted by molar-refractivity contribution is 5.85. The lowest BCUT2D eigenvalue weighted by atomic mass is 9.85. The topological polar surface area (TPSA) is 62.0 Å². The van der Waals surface area contributed by atoms with Gasteiger partial charge in [0.25, 0.3) is 0 Å². The summed E-state index contributed by atoms with van der Waals surface area (Å²) >= 11 is 0. The van der Waals surface area contributed by atoms with Crippen LogP contribution in [0.4, 0.5) is 0 Å². The Hall–Kier alpha value is -1.55. The number of rotatable bonds is 4. The zero-order chi connectivity index (χ0) is 17.1. The summed E-state index contributed by atoms with van der Waals surface area (Å²) < 4.78 is 5.32. The molecule has 0 fully saturated rings. The van der Waals surface area contributed by atoms with Crippen LogP contribution >= 0.6 is 0 Å². The molecule has 2 N–H and O–H groups in total. The number of nitrogens with zero attached hydrogens (tertiary/aromatic N) is 1.